The summed E-state index contributed by atoms with van der Waals surface area (Å²) in [5, 5.41) is 17.7. The van der Waals surface area contributed by atoms with Crippen LogP contribution >= 0.6 is 0 Å². The molecule has 3 N–H and O–H groups in total. The second-order valence-electron chi connectivity index (χ2n) is 8.44. The standard InChI is InChI=1S/C22H27N5O.C2H2O4/c1-16-10-20-21(11-17(16)2)27(15-24-20)13-18-5-8-26(9-6-18)14-22(28)25-19-4-3-7-23-12-19;3-1(4)2(5)6/h3-4,7,10-12,15,18H,5-6,8-9,13-14H2,1-2H3,(H,25,28);(H,3,4)(H,5,6). The number of carboxylic acids is 2. The molecule has 0 atom stereocenters. The highest BCUT2D eigenvalue weighted by Gasteiger charge is 2.22. The zero-order chi connectivity index (χ0) is 24.7. The van der Waals surface area contributed by atoms with E-state index in [1.807, 2.05) is 18.5 Å². The van der Waals surface area contributed by atoms with Crippen LogP contribution in [0, 0.1) is 19.8 Å². The molecule has 3 heterocycles. The molecule has 3 aromatic rings. The predicted molar refractivity (Wildman–Crippen MR) is 127 cm³/mol. The SMILES string of the molecule is Cc1cc2ncn(CC3CCN(CC(=O)Nc4cccnc4)CC3)c2cc1C.O=C(O)C(=O)O. The van der Waals surface area contributed by atoms with Crippen LogP contribution in [0.5, 0.6) is 0 Å². The number of pyridine rings is 1. The van der Waals surface area contributed by atoms with Crippen molar-refractivity contribution in [3.05, 3.63) is 54.1 Å². The minimum Gasteiger partial charge on any atom is -0.473 e. The minimum atomic E-state index is -1.82. The third-order valence-corrected chi connectivity index (χ3v) is 5.89. The van der Waals surface area contributed by atoms with Gasteiger partial charge in [0.25, 0.3) is 0 Å². The number of amides is 1. The van der Waals surface area contributed by atoms with E-state index in [9.17, 15) is 4.79 Å². The molecule has 34 heavy (non-hydrogen) atoms. The Labute approximate surface area is 197 Å². The van der Waals surface area contributed by atoms with Crippen molar-refractivity contribution < 1.29 is 24.6 Å². The molecule has 10 nitrogen and oxygen atoms in total. The van der Waals surface area contributed by atoms with Gasteiger partial charge in [-0.25, -0.2) is 14.6 Å². The van der Waals surface area contributed by atoms with E-state index in [1.165, 1.54) is 16.6 Å². The summed E-state index contributed by atoms with van der Waals surface area (Å²) in [4.78, 5) is 41.3. The highest BCUT2D eigenvalue weighted by Crippen LogP contribution is 2.23. The van der Waals surface area contributed by atoms with E-state index in [1.54, 1.807) is 12.4 Å². The van der Waals surface area contributed by atoms with Crippen LogP contribution in [-0.2, 0) is 20.9 Å². The third-order valence-electron chi connectivity index (χ3n) is 5.89. The number of aryl methyl sites for hydroxylation is 2. The van der Waals surface area contributed by atoms with Crippen LogP contribution in [-0.4, -0.2) is 67.1 Å². The van der Waals surface area contributed by atoms with Crippen molar-refractivity contribution in [1.82, 2.24) is 19.4 Å². The quantitative estimate of drug-likeness (QED) is 0.487. The van der Waals surface area contributed by atoms with Gasteiger partial charge >= 0.3 is 11.9 Å². The van der Waals surface area contributed by atoms with Crippen molar-refractivity contribution in [2.75, 3.05) is 25.0 Å². The lowest BCUT2D eigenvalue weighted by molar-refractivity contribution is -0.159. The molecule has 180 valence electrons. The van der Waals surface area contributed by atoms with Gasteiger partial charge in [0.1, 0.15) is 0 Å². The molecule has 0 spiro atoms. The summed E-state index contributed by atoms with van der Waals surface area (Å²) in [6.07, 6.45) is 7.54. The smallest absolute Gasteiger partial charge is 0.414 e. The van der Waals surface area contributed by atoms with Crippen molar-refractivity contribution in [1.29, 1.82) is 0 Å². The Kier molecular flexibility index (Phi) is 8.31. The molecule has 10 heteroatoms. The maximum absolute atomic E-state index is 12.2. The Bertz CT molecular complexity index is 1140. The lowest BCUT2D eigenvalue weighted by atomic mass is 9.96. The number of carbonyl (C=O) groups is 3. The van der Waals surface area contributed by atoms with Crippen molar-refractivity contribution in [2.45, 2.75) is 33.2 Å². The molecule has 2 aromatic heterocycles. The number of carboxylic acid groups (broad SMARTS) is 2. The summed E-state index contributed by atoms with van der Waals surface area (Å²) in [5.41, 5.74) is 5.65. The number of aliphatic carboxylic acids is 2. The molecule has 0 unspecified atom stereocenters. The van der Waals surface area contributed by atoms with E-state index in [0.29, 0.717) is 12.5 Å². The third kappa shape index (κ3) is 6.85. The van der Waals surface area contributed by atoms with Gasteiger partial charge in [0.2, 0.25) is 5.91 Å². The molecule has 1 aliphatic heterocycles. The van der Waals surface area contributed by atoms with Crippen LogP contribution in [0.15, 0.2) is 43.0 Å². The summed E-state index contributed by atoms with van der Waals surface area (Å²) < 4.78 is 2.29. The zero-order valence-corrected chi connectivity index (χ0v) is 19.3. The van der Waals surface area contributed by atoms with Crippen LogP contribution in [0.25, 0.3) is 11.0 Å². The topological polar surface area (TPSA) is 138 Å². The monoisotopic (exact) mass is 467 g/mol. The van der Waals surface area contributed by atoms with Crippen molar-refractivity contribution in [3.63, 3.8) is 0 Å². The summed E-state index contributed by atoms with van der Waals surface area (Å²) >= 11 is 0. The van der Waals surface area contributed by atoms with Crippen LogP contribution in [0.2, 0.25) is 0 Å². The number of piperidine rings is 1. The van der Waals surface area contributed by atoms with Gasteiger partial charge in [-0.05, 0) is 81.1 Å². The summed E-state index contributed by atoms with van der Waals surface area (Å²) in [5.74, 6) is -3.00. The summed E-state index contributed by atoms with van der Waals surface area (Å²) in [6.45, 7) is 7.63. The Morgan fingerprint density at radius 2 is 1.76 bits per heavy atom. The number of fused-ring (bicyclic) bond motifs is 1. The van der Waals surface area contributed by atoms with Gasteiger partial charge in [0.15, 0.2) is 0 Å². The van der Waals surface area contributed by atoms with E-state index in [-0.39, 0.29) is 5.91 Å². The maximum atomic E-state index is 12.2. The first-order valence-electron chi connectivity index (χ1n) is 11.0. The molecule has 1 aromatic carbocycles. The van der Waals surface area contributed by atoms with Gasteiger partial charge < -0.3 is 20.1 Å². The van der Waals surface area contributed by atoms with Crippen LogP contribution in [0.4, 0.5) is 5.69 Å². The fourth-order valence-electron chi connectivity index (χ4n) is 3.90. The zero-order valence-electron chi connectivity index (χ0n) is 19.3. The van der Waals surface area contributed by atoms with Crippen LogP contribution < -0.4 is 5.32 Å². The molecule has 1 saturated heterocycles. The molecule has 1 aliphatic rings. The lowest BCUT2D eigenvalue weighted by Crippen LogP contribution is -2.39. The molecule has 0 aliphatic carbocycles. The predicted octanol–water partition coefficient (Wildman–Crippen LogP) is 2.55. The van der Waals surface area contributed by atoms with E-state index in [2.05, 4.69) is 50.7 Å². The summed E-state index contributed by atoms with van der Waals surface area (Å²) in [7, 11) is 0. The molecule has 1 amide bonds. The lowest BCUT2D eigenvalue weighted by Gasteiger charge is -2.31. The van der Waals surface area contributed by atoms with E-state index >= 15 is 0 Å². The number of carbonyl (C=O) groups excluding carboxylic acids is 1. The van der Waals surface area contributed by atoms with E-state index in [4.69, 9.17) is 19.8 Å². The first kappa shape index (κ1) is 24.8. The van der Waals surface area contributed by atoms with Gasteiger partial charge in [-0.2, -0.15) is 0 Å². The van der Waals surface area contributed by atoms with E-state index < -0.39 is 11.9 Å². The van der Waals surface area contributed by atoms with Gasteiger partial charge in [-0.1, -0.05) is 0 Å². The normalized spacial score (nSPS) is 14.3. The molecule has 0 radical (unpaired) electrons. The molecular weight excluding hydrogens is 438 g/mol. The first-order valence-corrected chi connectivity index (χ1v) is 11.0. The number of rotatable bonds is 5. The molecule has 0 saturated carbocycles. The van der Waals surface area contributed by atoms with Gasteiger partial charge in [0.05, 0.1) is 35.8 Å². The number of likely N-dealkylation sites (tertiary alicyclic amines) is 1. The number of nitrogens with one attached hydrogen (secondary N) is 1. The largest absolute Gasteiger partial charge is 0.473 e. The van der Waals surface area contributed by atoms with Gasteiger partial charge in [0, 0.05) is 12.7 Å². The van der Waals surface area contributed by atoms with Crippen molar-refractivity contribution >= 4 is 34.6 Å². The average Bonchev–Trinajstić information content (AvgIpc) is 3.17. The minimum absolute atomic E-state index is 0.0258. The number of imidazole rings is 1. The number of nitrogens with zero attached hydrogens (tertiary/aromatic N) is 4. The number of hydrogen-bond donors (Lipinski definition) is 3. The van der Waals surface area contributed by atoms with Gasteiger partial charge in [-0.3, -0.25) is 14.7 Å². The number of hydrogen-bond acceptors (Lipinski definition) is 6. The Morgan fingerprint density at radius 3 is 2.38 bits per heavy atom. The Hall–Kier alpha value is -3.79. The van der Waals surface area contributed by atoms with Crippen LogP contribution in [0.3, 0.4) is 0 Å². The Balaban J connectivity index is 0.000000481. The first-order chi connectivity index (χ1) is 16.2. The second kappa shape index (κ2) is 11.4. The molecule has 0 bridgehead atoms. The van der Waals surface area contributed by atoms with Crippen molar-refractivity contribution in [2.24, 2.45) is 5.92 Å². The number of benzene rings is 1. The molecular formula is C24H29N5O5. The Morgan fingerprint density at radius 1 is 1.09 bits per heavy atom. The fourth-order valence-corrected chi connectivity index (χ4v) is 3.90. The molecule has 4 rings (SSSR count). The summed E-state index contributed by atoms with van der Waals surface area (Å²) in [6, 6.07) is 8.10. The van der Waals surface area contributed by atoms with E-state index in [0.717, 1.165) is 43.7 Å². The average molecular weight is 468 g/mol. The number of anilines is 1. The van der Waals surface area contributed by atoms with Gasteiger partial charge in [-0.15, -0.1) is 0 Å². The highest BCUT2D eigenvalue weighted by molar-refractivity contribution is 6.27. The van der Waals surface area contributed by atoms with Crippen molar-refractivity contribution in [3.8, 4) is 0 Å². The highest BCUT2D eigenvalue weighted by atomic mass is 16.4. The van der Waals surface area contributed by atoms with Crippen LogP contribution in [0.1, 0.15) is 24.0 Å². The second-order valence-corrected chi connectivity index (χ2v) is 8.44. The number of aromatic nitrogens is 3. The molecule has 1 fully saturated rings. The maximum Gasteiger partial charge on any atom is 0.414 e. The fraction of sp³-hybridized carbons (Fsp3) is 0.375.